The minimum absolute atomic E-state index is 1.08. The Hall–Kier alpha value is -4.01. The number of para-hydroxylation sites is 1. The average Bonchev–Trinajstić information content (AvgIpc) is 2.88. The maximum Gasteiger partial charge on any atom is 0.0401 e. The second kappa shape index (κ2) is 9.09. The Morgan fingerprint density at radius 3 is 1.71 bits per heavy atom. The molecular weight excluding hydrogens is 430 g/mol. The second-order valence-corrected chi connectivity index (χ2v) is 9.49. The molecular formula is C32H23NS. The Bertz CT molecular complexity index is 1480. The standard InChI is InChI=1S/C32H23NS/c1-3-13-26(14-4-1)33-27-20-25(21-29(22-27)34-28-15-5-2-6-16-28)32-30-17-9-7-11-23(30)19-24-12-8-10-18-31(24)32/h1-22,33H. The van der Waals surface area contributed by atoms with E-state index >= 15 is 0 Å². The summed E-state index contributed by atoms with van der Waals surface area (Å²) in [5.74, 6) is 0. The van der Waals surface area contributed by atoms with Crippen LogP contribution >= 0.6 is 11.8 Å². The molecule has 0 aliphatic rings. The van der Waals surface area contributed by atoms with E-state index in [2.05, 4.69) is 133 Å². The average molecular weight is 454 g/mol. The molecule has 0 radical (unpaired) electrons. The van der Waals surface area contributed by atoms with E-state index in [4.69, 9.17) is 0 Å². The summed E-state index contributed by atoms with van der Waals surface area (Å²) in [6, 6.07) is 47.4. The molecule has 0 aromatic heterocycles. The van der Waals surface area contributed by atoms with Crippen LogP contribution in [0.4, 0.5) is 11.4 Å². The van der Waals surface area contributed by atoms with Crippen LogP contribution in [0, 0.1) is 0 Å². The van der Waals surface area contributed by atoms with Gasteiger partial charge in [0.15, 0.2) is 0 Å². The van der Waals surface area contributed by atoms with Crippen LogP contribution in [-0.4, -0.2) is 0 Å². The zero-order valence-electron chi connectivity index (χ0n) is 18.6. The van der Waals surface area contributed by atoms with Gasteiger partial charge in [0.1, 0.15) is 0 Å². The summed E-state index contributed by atoms with van der Waals surface area (Å²) in [5.41, 5.74) is 4.66. The van der Waals surface area contributed by atoms with Gasteiger partial charge in [-0.3, -0.25) is 0 Å². The molecule has 162 valence electrons. The molecule has 1 nitrogen and oxygen atoms in total. The Morgan fingerprint density at radius 1 is 0.441 bits per heavy atom. The third-order valence-corrected chi connectivity index (χ3v) is 6.99. The molecule has 0 saturated heterocycles. The first kappa shape index (κ1) is 20.6. The Morgan fingerprint density at radius 2 is 1.03 bits per heavy atom. The van der Waals surface area contributed by atoms with Crippen LogP contribution in [0.5, 0.6) is 0 Å². The summed E-state index contributed by atoms with van der Waals surface area (Å²) >= 11 is 1.79. The highest BCUT2D eigenvalue weighted by Crippen LogP contribution is 2.40. The van der Waals surface area contributed by atoms with Crippen LogP contribution in [0.3, 0.4) is 0 Å². The van der Waals surface area contributed by atoms with E-state index in [9.17, 15) is 0 Å². The second-order valence-electron chi connectivity index (χ2n) is 8.35. The monoisotopic (exact) mass is 453 g/mol. The quantitative estimate of drug-likeness (QED) is 0.261. The van der Waals surface area contributed by atoms with Crippen molar-refractivity contribution in [2.75, 3.05) is 5.32 Å². The molecule has 0 aliphatic carbocycles. The fourth-order valence-corrected chi connectivity index (χ4v) is 5.45. The molecule has 6 aromatic rings. The van der Waals surface area contributed by atoms with Crippen molar-refractivity contribution in [2.24, 2.45) is 0 Å². The van der Waals surface area contributed by atoms with Crippen molar-refractivity contribution in [3.8, 4) is 11.1 Å². The van der Waals surface area contributed by atoms with E-state index in [1.165, 1.54) is 42.5 Å². The van der Waals surface area contributed by atoms with Gasteiger partial charge in [0.05, 0.1) is 0 Å². The lowest BCUT2D eigenvalue weighted by Crippen LogP contribution is -1.93. The summed E-state index contributed by atoms with van der Waals surface area (Å²) in [6.07, 6.45) is 0. The highest BCUT2D eigenvalue weighted by Gasteiger charge is 2.12. The molecule has 0 bridgehead atoms. The van der Waals surface area contributed by atoms with Gasteiger partial charge in [-0.2, -0.15) is 0 Å². The lowest BCUT2D eigenvalue weighted by Gasteiger charge is -2.16. The number of hydrogen-bond donors (Lipinski definition) is 1. The highest BCUT2D eigenvalue weighted by molar-refractivity contribution is 7.99. The molecule has 0 amide bonds. The summed E-state index contributed by atoms with van der Waals surface area (Å²) in [5, 5.41) is 8.69. The first-order chi connectivity index (χ1) is 16.8. The zero-order chi connectivity index (χ0) is 22.7. The summed E-state index contributed by atoms with van der Waals surface area (Å²) in [6.45, 7) is 0. The fraction of sp³-hybridized carbons (Fsp3) is 0. The molecule has 0 spiro atoms. The van der Waals surface area contributed by atoms with Gasteiger partial charge in [-0.05, 0) is 81.2 Å². The van der Waals surface area contributed by atoms with Crippen LogP contribution in [0.15, 0.2) is 143 Å². The number of rotatable bonds is 5. The summed E-state index contributed by atoms with van der Waals surface area (Å²) < 4.78 is 0. The molecule has 6 aromatic carbocycles. The van der Waals surface area contributed by atoms with Gasteiger partial charge in [-0.15, -0.1) is 0 Å². The first-order valence-corrected chi connectivity index (χ1v) is 12.3. The molecule has 0 aliphatic heterocycles. The maximum atomic E-state index is 3.62. The largest absolute Gasteiger partial charge is 0.355 e. The van der Waals surface area contributed by atoms with E-state index in [1.54, 1.807) is 11.8 Å². The van der Waals surface area contributed by atoms with Gasteiger partial charge in [0.25, 0.3) is 0 Å². The van der Waals surface area contributed by atoms with Crippen molar-refractivity contribution >= 4 is 44.7 Å². The van der Waals surface area contributed by atoms with Crippen molar-refractivity contribution in [1.82, 2.24) is 0 Å². The van der Waals surface area contributed by atoms with Gasteiger partial charge in [0.2, 0.25) is 0 Å². The summed E-state index contributed by atoms with van der Waals surface area (Å²) in [7, 11) is 0. The number of hydrogen-bond acceptors (Lipinski definition) is 2. The SMILES string of the molecule is c1ccc(Nc2cc(Sc3ccccc3)cc(-c3c4ccccc4cc4ccccc34)c2)cc1. The highest BCUT2D eigenvalue weighted by atomic mass is 32.2. The Labute approximate surface area is 204 Å². The minimum Gasteiger partial charge on any atom is -0.355 e. The van der Waals surface area contributed by atoms with Gasteiger partial charge >= 0.3 is 0 Å². The van der Waals surface area contributed by atoms with Crippen LogP contribution in [-0.2, 0) is 0 Å². The molecule has 0 atom stereocenters. The van der Waals surface area contributed by atoms with E-state index in [0.717, 1.165) is 11.4 Å². The molecule has 0 fully saturated rings. The maximum absolute atomic E-state index is 3.62. The minimum atomic E-state index is 1.08. The van der Waals surface area contributed by atoms with Crippen molar-refractivity contribution < 1.29 is 0 Å². The molecule has 0 unspecified atom stereocenters. The fourth-order valence-electron chi connectivity index (χ4n) is 4.51. The van der Waals surface area contributed by atoms with E-state index < -0.39 is 0 Å². The van der Waals surface area contributed by atoms with Gasteiger partial charge in [-0.25, -0.2) is 0 Å². The molecule has 1 N–H and O–H groups in total. The lowest BCUT2D eigenvalue weighted by atomic mass is 9.92. The molecule has 2 heteroatoms. The number of benzene rings is 6. The van der Waals surface area contributed by atoms with E-state index in [0.29, 0.717) is 0 Å². The third-order valence-electron chi connectivity index (χ3n) is 6.01. The van der Waals surface area contributed by atoms with Crippen LogP contribution in [0.25, 0.3) is 32.7 Å². The van der Waals surface area contributed by atoms with Gasteiger partial charge < -0.3 is 5.32 Å². The summed E-state index contributed by atoms with van der Waals surface area (Å²) in [4.78, 5) is 2.44. The van der Waals surface area contributed by atoms with Gasteiger partial charge in [-0.1, -0.05) is 96.7 Å². The molecule has 0 saturated carbocycles. The van der Waals surface area contributed by atoms with Crippen molar-refractivity contribution in [1.29, 1.82) is 0 Å². The van der Waals surface area contributed by atoms with Gasteiger partial charge in [0, 0.05) is 21.2 Å². The predicted octanol–water partition coefficient (Wildman–Crippen LogP) is 9.55. The molecule has 34 heavy (non-hydrogen) atoms. The van der Waals surface area contributed by atoms with Crippen LogP contribution < -0.4 is 5.32 Å². The van der Waals surface area contributed by atoms with Crippen LogP contribution in [0.2, 0.25) is 0 Å². The smallest absolute Gasteiger partial charge is 0.0401 e. The zero-order valence-corrected chi connectivity index (χ0v) is 19.4. The van der Waals surface area contributed by atoms with Crippen molar-refractivity contribution in [3.63, 3.8) is 0 Å². The molecule has 0 heterocycles. The number of nitrogens with one attached hydrogen (secondary N) is 1. The number of anilines is 2. The number of fused-ring (bicyclic) bond motifs is 2. The van der Waals surface area contributed by atoms with E-state index in [-0.39, 0.29) is 0 Å². The van der Waals surface area contributed by atoms with E-state index in [1.807, 2.05) is 6.07 Å². The first-order valence-electron chi connectivity index (χ1n) is 11.4. The predicted molar refractivity (Wildman–Crippen MR) is 147 cm³/mol. The third kappa shape index (κ3) is 4.16. The Kier molecular flexibility index (Phi) is 5.50. The lowest BCUT2D eigenvalue weighted by molar-refractivity contribution is 1.40. The molecule has 6 rings (SSSR count). The van der Waals surface area contributed by atoms with Crippen molar-refractivity contribution in [3.05, 3.63) is 133 Å². The Balaban J connectivity index is 1.57. The van der Waals surface area contributed by atoms with Crippen molar-refractivity contribution in [2.45, 2.75) is 9.79 Å². The normalized spacial score (nSPS) is 11.1. The van der Waals surface area contributed by atoms with Crippen LogP contribution in [0.1, 0.15) is 0 Å². The topological polar surface area (TPSA) is 12.0 Å².